The van der Waals surface area contributed by atoms with E-state index in [1.165, 1.54) is 25.9 Å². The Labute approximate surface area is 103 Å². The molecule has 0 saturated carbocycles. The smallest absolute Gasteiger partial charge is 0.115 e. The van der Waals surface area contributed by atoms with E-state index in [1.54, 1.807) is 12.5 Å². The second-order valence-corrected chi connectivity index (χ2v) is 5.01. The number of nitrogens with zero attached hydrogens (tertiary/aromatic N) is 3. The van der Waals surface area contributed by atoms with Gasteiger partial charge in [-0.3, -0.25) is 0 Å². The molecule has 4 heteroatoms. The van der Waals surface area contributed by atoms with E-state index >= 15 is 0 Å². The molecule has 0 radical (unpaired) electrons. The standard InChI is InChI=1S/C13H22N4/c1-11(12-4-7-17(2)8-5-12)15-9-13-3-6-14-10-16-13/h3,6,10-12,15H,4-5,7-9H2,1-2H3. The number of hydrogen-bond donors (Lipinski definition) is 1. The van der Waals surface area contributed by atoms with Crippen molar-refractivity contribution >= 4 is 0 Å². The molecule has 1 unspecified atom stereocenters. The molecule has 94 valence electrons. The number of rotatable bonds is 4. The van der Waals surface area contributed by atoms with Crippen molar-refractivity contribution in [3.8, 4) is 0 Å². The monoisotopic (exact) mass is 234 g/mol. The molecule has 1 atom stereocenters. The van der Waals surface area contributed by atoms with Gasteiger partial charge >= 0.3 is 0 Å². The second-order valence-electron chi connectivity index (χ2n) is 5.01. The Morgan fingerprint density at radius 3 is 2.88 bits per heavy atom. The lowest BCUT2D eigenvalue weighted by atomic mass is 9.90. The van der Waals surface area contributed by atoms with Crippen molar-refractivity contribution in [3.63, 3.8) is 0 Å². The average molecular weight is 234 g/mol. The van der Waals surface area contributed by atoms with E-state index in [1.807, 2.05) is 6.07 Å². The van der Waals surface area contributed by atoms with E-state index in [-0.39, 0.29) is 0 Å². The van der Waals surface area contributed by atoms with Crippen molar-refractivity contribution in [3.05, 3.63) is 24.3 Å². The fourth-order valence-corrected chi connectivity index (χ4v) is 2.38. The van der Waals surface area contributed by atoms with E-state index in [9.17, 15) is 0 Å². The summed E-state index contributed by atoms with van der Waals surface area (Å²) in [7, 11) is 2.20. The first-order chi connectivity index (χ1) is 8.25. The molecule has 2 heterocycles. The number of aromatic nitrogens is 2. The lowest BCUT2D eigenvalue weighted by molar-refractivity contribution is 0.189. The lowest BCUT2D eigenvalue weighted by Crippen LogP contribution is -2.40. The summed E-state index contributed by atoms with van der Waals surface area (Å²) in [5.41, 5.74) is 1.07. The first kappa shape index (κ1) is 12.5. The maximum Gasteiger partial charge on any atom is 0.115 e. The van der Waals surface area contributed by atoms with Gasteiger partial charge in [0, 0.05) is 18.8 Å². The first-order valence-corrected chi connectivity index (χ1v) is 6.42. The van der Waals surface area contributed by atoms with Crippen molar-refractivity contribution in [2.24, 2.45) is 5.92 Å². The number of piperidine rings is 1. The lowest BCUT2D eigenvalue weighted by Gasteiger charge is -2.33. The maximum atomic E-state index is 4.23. The third-order valence-corrected chi connectivity index (χ3v) is 3.72. The maximum absolute atomic E-state index is 4.23. The largest absolute Gasteiger partial charge is 0.308 e. The Balaban J connectivity index is 1.75. The van der Waals surface area contributed by atoms with Crippen LogP contribution in [0.5, 0.6) is 0 Å². The molecule has 2 rings (SSSR count). The highest BCUT2D eigenvalue weighted by Crippen LogP contribution is 2.19. The van der Waals surface area contributed by atoms with Crippen molar-refractivity contribution in [2.75, 3.05) is 20.1 Å². The predicted molar refractivity (Wildman–Crippen MR) is 68.6 cm³/mol. The van der Waals surface area contributed by atoms with Crippen molar-refractivity contribution in [2.45, 2.75) is 32.4 Å². The van der Waals surface area contributed by atoms with Crippen molar-refractivity contribution in [1.29, 1.82) is 0 Å². The van der Waals surface area contributed by atoms with Gasteiger partial charge in [0.15, 0.2) is 0 Å². The van der Waals surface area contributed by atoms with Gasteiger partial charge in [-0.2, -0.15) is 0 Å². The quantitative estimate of drug-likeness (QED) is 0.852. The molecule has 1 aliphatic heterocycles. The molecule has 0 spiro atoms. The number of hydrogen-bond acceptors (Lipinski definition) is 4. The van der Waals surface area contributed by atoms with Crippen molar-refractivity contribution in [1.82, 2.24) is 20.2 Å². The summed E-state index contributed by atoms with van der Waals surface area (Å²) in [6, 6.07) is 2.53. The number of likely N-dealkylation sites (tertiary alicyclic amines) is 1. The van der Waals surface area contributed by atoms with Gasteiger partial charge in [-0.1, -0.05) is 0 Å². The zero-order valence-corrected chi connectivity index (χ0v) is 10.8. The summed E-state index contributed by atoms with van der Waals surface area (Å²) in [4.78, 5) is 10.6. The van der Waals surface area contributed by atoms with Crippen LogP contribution in [0.2, 0.25) is 0 Å². The molecule has 1 aliphatic rings. The molecule has 4 nitrogen and oxygen atoms in total. The Kier molecular flexibility index (Phi) is 4.45. The van der Waals surface area contributed by atoms with Gasteiger partial charge in [-0.05, 0) is 51.9 Å². The predicted octanol–water partition coefficient (Wildman–Crippen LogP) is 1.30. The molecule has 0 aromatic carbocycles. The molecule has 1 fully saturated rings. The molecule has 1 aromatic heterocycles. The highest BCUT2D eigenvalue weighted by Gasteiger charge is 2.21. The van der Waals surface area contributed by atoms with Gasteiger partial charge in [-0.25, -0.2) is 9.97 Å². The molecule has 0 bridgehead atoms. The molecular weight excluding hydrogens is 212 g/mol. The van der Waals surface area contributed by atoms with Gasteiger partial charge < -0.3 is 10.2 Å². The fraction of sp³-hybridized carbons (Fsp3) is 0.692. The fourth-order valence-electron chi connectivity index (χ4n) is 2.38. The Morgan fingerprint density at radius 1 is 1.47 bits per heavy atom. The van der Waals surface area contributed by atoms with E-state index in [2.05, 4.69) is 34.2 Å². The van der Waals surface area contributed by atoms with Crippen molar-refractivity contribution < 1.29 is 0 Å². The third-order valence-electron chi connectivity index (χ3n) is 3.72. The van der Waals surface area contributed by atoms with Crippen LogP contribution in [0.15, 0.2) is 18.6 Å². The third kappa shape index (κ3) is 3.75. The van der Waals surface area contributed by atoms with Crippen LogP contribution in [0.1, 0.15) is 25.5 Å². The second kappa shape index (κ2) is 6.07. The van der Waals surface area contributed by atoms with E-state index in [0.717, 1.165) is 18.2 Å². The number of nitrogens with one attached hydrogen (secondary N) is 1. The van der Waals surface area contributed by atoms with E-state index < -0.39 is 0 Å². The van der Waals surface area contributed by atoms with Gasteiger partial charge in [0.1, 0.15) is 6.33 Å². The highest BCUT2D eigenvalue weighted by molar-refractivity contribution is 4.97. The van der Waals surface area contributed by atoms with Gasteiger partial charge in [0.25, 0.3) is 0 Å². The van der Waals surface area contributed by atoms with Crippen LogP contribution in [0.3, 0.4) is 0 Å². The van der Waals surface area contributed by atoms with Gasteiger partial charge in [-0.15, -0.1) is 0 Å². The first-order valence-electron chi connectivity index (χ1n) is 6.42. The van der Waals surface area contributed by atoms with Gasteiger partial charge in [0.05, 0.1) is 5.69 Å². The van der Waals surface area contributed by atoms with E-state index in [0.29, 0.717) is 6.04 Å². The minimum atomic E-state index is 0.568. The summed E-state index contributed by atoms with van der Waals surface area (Å²) in [6.07, 6.45) is 6.00. The molecule has 17 heavy (non-hydrogen) atoms. The summed E-state index contributed by atoms with van der Waals surface area (Å²) >= 11 is 0. The SMILES string of the molecule is CC(NCc1ccncn1)C1CCN(C)CC1. The molecule has 0 amide bonds. The summed E-state index contributed by atoms with van der Waals surface area (Å²) in [5, 5.41) is 3.57. The Morgan fingerprint density at radius 2 is 2.24 bits per heavy atom. The summed E-state index contributed by atoms with van der Waals surface area (Å²) in [6.45, 7) is 5.58. The van der Waals surface area contributed by atoms with Crippen LogP contribution in [-0.4, -0.2) is 41.0 Å². The molecule has 0 aliphatic carbocycles. The zero-order chi connectivity index (χ0) is 12.1. The average Bonchev–Trinajstić information content (AvgIpc) is 2.38. The van der Waals surface area contributed by atoms with Gasteiger partial charge in [0.2, 0.25) is 0 Å². The van der Waals surface area contributed by atoms with Crippen LogP contribution in [0.4, 0.5) is 0 Å². The normalized spacial score (nSPS) is 20.4. The van der Waals surface area contributed by atoms with Crippen LogP contribution in [-0.2, 0) is 6.54 Å². The summed E-state index contributed by atoms with van der Waals surface area (Å²) in [5.74, 6) is 0.799. The Hall–Kier alpha value is -1.00. The molecular formula is C13H22N4. The van der Waals surface area contributed by atoms with E-state index in [4.69, 9.17) is 0 Å². The summed E-state index contributed by atoms with van der Waals surface area (Å²) < 4.78 is 0. The zero-order valence-electron chi connectivity index (χ0n) is 10.8. The van der Waals surface area contributed by atoms with Crippen LogP contribution in [0, 0.1) is 5.92 Å². The Bertz CT molecular complexity index is 319. The van der Waals surface area contributed by atoms with Crippen LogP contribution >= 0.6 is 0 Å². The minimum absolute atomic E-state index is 0.568. The highest BCUT2D eigenvalue weighted by atomic mass is 15.1. The topological polar surface area (TPSA) is 41.1 Å². The molecule has 1 N–H and O–H groups in total. The molecule has 1 aromatic rings. The van der Waals surface area contributed by atoms with Crippen LogP contribution < -0.4 is 5.32 Å². The van der Waals surface area contributed by atoms with Crippen LogP contribution in [0.25, 0.3) is 0 Å². The minimum Gasteiger partial charge on any atom is -0.308 e. The molecule has 1 saturated heterocycles.